The molecular formula is C69H114O6. The van der Waals surface area contributed by atoms with E-state index in [4.69, 9.17) is 14.2 Å². The molecule has 0 bridgehead atoms. The molecule has 0 amide bonds. The predicted octanol–water partition coefficient (Wildman–Crippen LogP) is 21.2. The van der Waals surface area contributed by atoms with Gasteiger partial charge in [0.2, 0.25) is 0 Å². The van der Waals surface area contributed by atoms with Gasteiger partial charge >= 0.3 is 17.9 Å². The minimum absolute atomic E-state index is 0.0984. The second-order valence-corrected chi connectivity index (χ2v) is 20.2. The van der Waals surface area contributed by atoms with E-state index in [-0.39, 0.29) is 31.1 Å². The quantitative estimate of drug-likeness (QED) is 0.0261. The van der Waals surface area contributed by atoms with E-state index in [2.05, 4.69) is 142 Å². The number of rotatable bonds is 55. The van der Waals surface area contributed by atoms with Crippen molar-refractivity contribution in [2.45, 2.75) is 284 Å². The lowest BCUT2D eigenvalue weighted by Gasteiger charge is -2.18. The first-order valence-electron chi connectivity index (χ1n) is 31.0. The van der Waals surface area contributed by atoms with Crippen molar-refractivity contribution in [3.05, 3.63) is 122 Å². The Labute approximate surface area is 462 Å². The van der Waals surface area contributed by atoms with E-state index in [1.54, 1.807) is 0 Å². The minimum atomic E-state index is -0.804. The molecule has 75 heavy (non-hydrogen) atoms. The third kappa shape index (κ3) is 60.6. The summed E-state index contributed by atoms with van der Waals surface area (Å²) in [5.41, 5.74) is 0. The summed E-state index contributed by atoms with van der Waals surface area (Å²) in [6, 6.07) is 0. The van der Waals surface area contributed by atoms with Crippen molar-refractivity contribution in [3.8, 4) is 0 Å². The highest BCUT2D eigenvalue weighted by atomic mass is 16.6. The van der Waals surface area contributed by atoms with Crippen LogP contribution in [0.4, 0.5) is 0 Å². The summed E-state index contributed by atoms with van der Waals surface area (Å²) < 4.78 is 16.9. The molecule has 6 heteroatoms. The molecule has 0 aliphatic carbocycles. The van der Waals surface area contributed by atoms with E-state index in [9.17, 15) is 14.4 Å². The molecule has 0 heterocycles. The van der Waals surface area contributed by atoms with Gasteiger partial charge in [0.1, 0.15) is 13.2 Å². The molecule has 0 aromatic heterocycles. The van der Waals surface area contributed by atoms with Crippen molar-refractivity contribution < 1.29 is 28.6 Å². The zero-order valence-electron chi connectivity index (χ0n) is 48.8. The molecule has 0 spiro atoms. The Balaban J connectivity index is 4.46. The average Bonchev–Trinajstić information content (AvgIpc) is 3.41. The normalized spacial score (nSPS) is 12.9. The lowest BCUT2D eigenvalue weighted by molar-refractivity contribution is -0.167. The van der Waals surface area contributed by atoms with E-state index < -0.39 is 6.10 Å². The monoisotopic (exact) mass is 1040 g/mol. The van der Waals surface area contributed by atoms with Crippen LogP contribution in [0, 0.1) is 0 Å². The van der Waals surface area contributed by atoms with E-state index in [0.29, 0.717) is 19.3 Å². The maximum atomic E-state index is 12.9. The fourth-order valence-corrected chi connectivity index (χ4v) is 8.27. The van der Waals surface area contributed by atoms with Gasteiger partial charge in [0.05, 0.1) is 0 Å². The molecule has 0 aromatic carbocycles. The second kappa shape index (κ2) is 62.4. The predicted molar refractivity (Wildman–Crippen MR) is 325 cm³/mol. The van der Waals surface area contributed by atoms with Crippen LogP contribution in [0.5, 0.6) is 0 Å². The molecule has 0 aliphatic heterocycles. The molecule has 1 unspecified atom stereocenters. The van der Waals surface area contributed by atoms with Gasteiger partial charge in [-0.3, -0.25) is 14.4 Å². The summed E-state index contributed by atoms with van der Waals surface area (Å²) in [4.78, 5) is 38.3. The largest absolute Gasteiger partial charge is 0.462 e. The van der Waals surface area contributed by atoms with Gasteiger partial charge in [-0.2, -0.15) is 0 Å². The van der Waals surface area contributed by atoms with Crippen molar-refractivity contribution in [2.75, 3.05) is 13.2 Å². The van der Waals surface area contributed by atoms with Gasteiger partial charge in [-0.25, -0.2) is 0 Å². The van der Waals surface area contributed by atoms with Crippen LogP contribution in [-0.2, 0) is 28.6 Å². The summed E-state index contributed by atoms with van der Waals surface area (Å²) in [5, 5.41) is 0. The van der Waals surface area contributed by atoms with Crippen LogP contribution in [0.2, 0.25) is 0 Å². The summed E-state index contributed by atoms with van der Waals surface area (Å²) in [6.07, 6.45) is 86.2. The Kier molecular flexibility index (Phi) is 58.9. The van der Waals surface area contributed by atoms with Crippen LogP contribution in [0.15, 0.2) is 122 Å². The van der Waals surface area contributed by atoms with E-state index in [1.165, 1.54) is 103 Å². The van der Waals surface area contributed by atoms with Crippen molar-refractivity contribution in [1.82, 2.24) is 0 Å². The molecule has 426 valence electrons. The molecule has 0 saturated heterocycles. The molecule has 0 radical (unpaired) electrons. The molecule has 0 aromatic rings. The third-order valence-corrected chi connectivity index (χ3v) is 12.9. The second-order valence-electron chi connectivity index (χ2n) is 20.2. The Morgan fingerprint density at radius 2 is 0.520 bits per heavy atom. The third-order valence-electron chi connectivity index (χ3n) is 12.9. The number of hydrogen-bond donors (Lipinski definition) is 0. The van der Waals surface area contributed by atoms with Crippen LogP contribution < -0.4 is 0 Å². The highest BCUT2D eigenvalue weighted by Crippen LogP contribution is 2.14. The smallest absolute Gasteiger partial charge is 0.306 e. The van der Waals surface area contributed by atoms with Crippen LogP contribution >= 0.6 is 0 Å². The van der Waals surface area contributed by atoms with Crippen LogP contribution in [0.25, 0.3) is 0 Å². The summed E-state index contributed by atoms with van der Waals surface area (Å²) in [6.45, 7) is 6.46. The number of hydrogen-bond acceptors (Lipinski definition) is 6. The standard InChI is InChI=1S/C69H114O6/c1-4-7-10-13-16-19-22-25-28-30-31-32-33-34-35-36-37-39-41-44-47-50-53-56-59-62-68(71)74-65-66(64-73-67(70)61-58-55-52-49-46-43-40-27-24-21-18-15-12-9-6-3)75-69(72)63-60-57-54-51-48-45-42-38-29-26-23-20-17-14-11-8-5-2/h7,10,16-17,19-20,25-29,31-32,34-35,37,39-40,44,47,66H,4-6,8-9,11-15,18,21-24,30,33,36,38,41-43,45-46,48-65H2,1-3H3/b10-7-,19-16-,20-17-,28-25-,29-26-,32-31-,35-34-,39-37-,40-27-,47-44-. The van der Waals surface area contributed by atoms with Gasteiger partial charge in [0, 0.05) is 19.3 Å². The molecular weight excluding hydrogens is 925 g/mol. The molecule has 0 aliphatic rings. The maximum Gasteiger partial charge on any atom is 0.306 e. The Morgan fingerprint density at radius 3 is 0.867 bits per heavy atom. The molecule has 0 fully saturated rings. The Morgan fingerprint density at radius 1 is 0.280 bits per heavy atom. The zero-order valence-corrected chi connectivity index (χ0v) is 48.8. The summed E-state index contributed by atoms with van der Waals surface area (Å²) in [7, 11) is 0. The van der Waals surface area contributed by atoms with Crippen molar-refractivity contribution in [3.63, 3.8) is 0 Å². The number of ether oxygens (including phenoxy) is 3. The SMILES string of the molecule is CC/C=C\C/C=C\C/C=C\C/C=C\C/C=C\C/C=C\C/C=C\CCCCCC(=O)OCC(COC(=O)CCCCCCC/C=C\CCCCCCCC)OC(=O)CCCCCCCCC/C=C\C/C=C\CCCCC. The van der Waals surface area contributed by atoms with Gasteiger partial charge in [-0.05, 0) is 135 Å². The minimum Gasteiger partial charge on any atom is -0.462 e. The van der Waals surface area contributed by atoms with E-state index >= 15 is 0 Å². The van der Waals surface area contributed by atoms with Crippen LogP contribution in [0.1, 0.15) is 278 Å². The average molecular weight is 1040 g/mol. The molecule has 0 rings (SSSR count). The Hall–Kier alpha value is -4.19. The molecule has 1 atom stereocenters. The molecule has 0 N–H and O–H groups in total. The number of carbonyl (C=O) groups excluding carboxylic acids is 3. The lowest BCUT2D eigenvalue weighted by Crippen LogP contribution is -2.30. The highest BCUT2D eigenvalue weighted by Gasteiger charge is 2.19. The molecule has 6 nitrogen and oxygen atoms in total. The van der Waals surface area contributed by atoms with Gasteiger partial charge in [-0.15, -0.1) is 0 Å². The first kappa shape index (κ1) is 70.8. The van der Waals surface area contributed by atoms with E-state index in [0.717, 1.165) is 135 Å². The number of carbonyl (C=O) groups is 3. The zero-order chi connectivity index (χ0) is 54.3. The first-order valence-corrected chi connectivity index (χ1v) is 31.0. The maximum absolute atomic E-state index is 12.9. The van der Waals surface area contributed by atoms with Gasteiger partial charge in [0.25, 0.3) is 0 Å². The topological polar surface area (TPSA) is 78.9 Å². The number of esters is 3. The first-order chi connectivity index (χ1) is 37.0. The number of unbranched alkanes of at least 4 members (excludes halogenated alkanes) is 24. The van der Waals surface area contributed by atoms with Gasteiger partial charge < -0.3 is 14.2 Å². The van der Waals surface area contributed by atoms with Crippen molar-refractivity contribution >= 4 is 17.9 Å². The fraction of sp³-hybridized carbons (Fsp3) is 0.667. The van der Waals surface area contributed by atoms with Crippen molar-refractivity contribution in [1.29, 1.82) is 0 Å². The van der Waals surface area contributed by atoms with Gasteiger partial charge in [-0.1, -0.05) is 245 Å². The Bertz CT molecular complexity index is 1570. The van der Waals surface area contributed by atoms with Crippen LogP contribution in [-0.4, -0.2) is 37.2 Å². The fourth-order valence-electron chi connectivity index (χ4n) is 8.27. The number of allylic oxidation sites excluding steroid dienone is 20. The highest BCUT2D eigenvalue weighted by molar-refractivity contribution is 5.71. The van der Waals surface area contributed by atoms with Gasteiger partial charge in [0.15, 0.2) is 6.10 Å². The lowest BCUT2D eigenvalue weighted by atomic mass is 10.1. The summed E-state index contributed by atoms with van der Waals surface area (Å²) in [5.74, 6) is -0.946. The molecule has 0 saturated carbocycles. The summed E-state index contributed by atoms with van der Waals surface area (Å²) >= 11 is 0. The van der Waals surface area contributed by atoms with Crippen molar-refractivity contribution in [2.24, 2.45) is 0 Å². The van der Waals surface area contributed by atoms with E-state index in [1.807, 2.05) is 0 Å². The van der Waals surface area contributed by atoms with Crippen LogP contribution in [0.3, 0.4) is 0 Å².